The summed E-state index contributed by atoms with van der Waals surface area (Å²) in [5, 5.41) is 3.81. The van der Waals surface area contributed by atoms with Crippen molar-refractivity contribution in [1.82, 2.24) is 5.32 Å². The highest BCUT2D eigenvalue weighted by atomic mass is 32.2. The van der Waals surface area contributed by atoms with E-state index in [0.29, 0.717) is 29.6 Å². The molecule has 0 unspecified atom stereocenters. The molecule has 5 nitrogen and oxygen atoms in total. The summed E-state index contributed by atoms with van der Waals surface area (Å²) in [6.07, 6.45) is 2.14. The van der Waals surface area contributed by atoms with Gasteiger partial charge < -0.3 is 5.32 Å². The summed E-state index contributed by atoms with van der Waals surface area (Å²) in [6.45, 7) is 7.07. The summed E-state index contributed by atoms with van der Waals surface area (Å²) in [5.74, 6) is 0.472. The number of rotatable bonds is 7. The third-order valence-electron chi connectivity index (χ3n) is 3.71. The van der Waals surface area contributed by atoms with Crippen molar-refractivity contribution >= 4 is 43.0 Å². The number of nitrogens with one attached hydrogen (secondary N) is 1. The number of carbonyl (C=O) groups is 1. The minimum Gasteiger partial charge on any atom is -0.351 e. The zero-order chi connectivity index (χ0) is 17.9. The highest BCUT2D eigenvalue weighted by Crippen LogP contribution is 2.30. The second-order valence-electron chi connectivity index (χ2n) is 6.20. The fourth-order valence-corrected chi connectivity index (χ4v) is 4.39. The molecule has 0 saturated carbocycles. The predicted octanol–water partition coefficient (Wildman–Crippen LogP) is 3.46. The van der Waals surface area contributed by atoms with Crippen LogP contribution in [0.4, 0.5) is 5.69 Å². The predicted molar refractivity (Wildman–Crippen MR) is 101 cm³/mol. The number of thiophene rings is 1. The molecule has 0 radical (unpaired) electrons. The van der Waals surface area contributed by atoms with E-state index >= 15 is 0 Å². The first kappa shape index (κ1) is 18.7. The Hall–Kier alpha value is -1.60. The van der Waals surface area contributed by atoms with E-state index < -0.39 is 10.0 Å². The lowest BCUT2D eigenvalue weighted by Gasteiger charge is -2.20. The van der Waals surface area contributed by atoms with Crippen molar-refractivity contribution in [2.45, 2.75) is 27.2 Å². The summed E-state index contributed by atoms with van der Waals surface area (Å²) in [7, 11) is -3.31. The van der Waals surface area contributed by atoms with Crippen molar-refractivity contribution in [2.24, 2.45) is 5.92 Å². The van der Waals surface area contributed by atoms with Crippen LogP contribution in [0.3, 0.4) is 0 Å². The van der Waals surface area contributed by atoms with E-state index in [2.05, 4.69) is 19.2 Å². The van der Waals surface area contributed by atoms with Crippen LogP contribution in [0.15, 0.2) is 24.3 Å². The van der Waals surface area contributed by atoms with Gasteiger partial charge in [0.2, 0.25) is 10.0 Å². The third kappa shape index (κ3) is 4.48. The molecule has 0 atom stereocenters. The third-order valence-corrected chi connectivity index (χ3v) is 6.09. The first-order chi connectivity index (χ1) is 11.2. The summed E-state index contributed by atoms with van der Waals surface area (Å²) < 4.78 is 26.0. The molecule has 0 aliphatic heterocycles. The van der Waals surface area contributed by atoms with Crippen LogP contribution < -0.4 is 9.62 Å². The maximum absolute atomic E-state index is 12.2. The molecular weight excluding hydrogens is 344 g/mol. The molecule has 2 aromatic rings. The average Bonchev–Trinajstić information content (AvgIpc) is 2.89. The van der Waals surface area contributed by atoms with Gasteiger partial charge in [-0.05, 0) is 48.9 Å². The van der Waals surface area contributed by atoms with Gasteiger partial charge in [0, 0.05) is 17.8 Å². The zero-order valence-corrected chi connectivity index (χ0v) is 16.1. The van der Waals surface area contributed by atoms with Crippen LogP contribution in [0.5, 0.6) is 0 Å². The minimum atomic E-state index is -3.31. The highest BCUT2D eigenvalue weighted by molar-refractivity contribution is 7.92. The van der Waals surface area contributed by atoms with Crippen molar-refractivity contribution in [3.8, 4) is 0 Å². The standard InChI is InChI=1S/C17H24N2O3S2/c1-5-19(24(4,21)22)14-6-7-15-13(10-14)11-16(23-15)17(20)18-9-8-12(2)3/h6-7,10-12H,5,8-9H2,1-4H3,(H,18,20). The number of benzene rings is 1. The van der Waals surface area contributed by atoms with E-state index in [0.717, 1.165) is 16.5 Å². The molecule has 0 spiro atoms. The van der Waals surface area contributed by atoms with Gasteiger partial charge in [0.25, 0.3) is 5.91 Å². The Morgan fingerprint density at radius 2 is 2.00 bits per heavy atom. The van der Waals surface area contributed by atoms with Crippen LogP contribution in [0.2, 0.25) is 0 Å². The number of amides is 1. The Morgan fingerprint density at radius 3 is 2.58 bits per heavy atom. The summed E-state index contributed by atoms with van der Waals surface area (Å²) in [5.41, 5.74) is 0.622. The van der Waals surface area contributed by atoms with Gasteiger partial charge in [-0.1, -0.05) is 13.8 Å². The van der Waals surface area contributed by atoms with Gasteiger partial charge in [-0.2, -0.15) is 0 Å². The molecule has 2 rings (SSSR count). The summed E-state index contributed by atoms with van der Waals surface area (Å²) in [4.78, 5) is 12.9. The molecule has 1 aromatic heterocycles. The van der Waals surface area contributed by atoms with Crippen molar-refractivity contribution in [2.75, 3.05) is 23.7 Å². The second-order valence-corrected chi connectivity index (χ2v) is 9.19. The minimum absolute atomic E-state index is 0.0751. The molecule has 24 heavy (non-hydrogen) atoms. The topological polar surface area (TPSA) is 66.5 Å². The highest BCUT2D eigenvalue weighted by Gasteiger charge is 2.17. The molecular formula is C17H24N2O3S2. The first-order valence-corrected chi connectivity index (χ1v) is 10.7. The number of hydrogen-bond donors (Lipinski definition) is 1. The van der Waals surface area contributed by atoms with Gasteiger partial charge in [0.05, 0.1) is 16.8 Å². The van der Waals surface area contributed by atoms with Gasteiger partial charge in [0.15, 0.2) is 0 Å². The fraction of sp³-hybridized carbons (Fsp3) is 0.471. The molecule has 0 fully saturated rings. The van der Waals surface area contributed by atoms with E-state index in [4.69, 9.17) is 0 Å². The van der Waals surface area contributed by atoms with E-state index in [9.17, 15) is 13.2 Å². The van der Waals surface area contributed by atoms with E-state index in [1.807, 2.05) is 18.2 Å². The van der Waals surface area contributed by atoms with Crippen molar-refractivity contribution in [3.05, 3.63) is 29.1 Å². The van der Waals surface area contributed by atoms with Crippen LogP contribution in [0, 0.1) is 5.92 Å². The molecule has 132 valence electrons. The Kier molecular flexibility index (Phi) is 5.87. The Labute approximate surface area is 147 Å². The number of fused-ring (bicyclic) bond motifs is 1. The van der Waals surface area contributed by atoms with Gasteiger partial charge in [-0.25, -0.2) is 8.42 Å². The summed E-state index contributed by atoms with van der Waals surface area (Å²) in [6, 6.07) is 7.30. The maximum Gasteiger partial charge on any atom is 0.261 e. The van der Waals surface area contributed by atoms with Crippen LogP contribution in [0.1, 0.15) is 36.9 Å². The molecule has 7 heteroatoms. The molecule has 0 bridgehead atoms. The van der Waals surface area contributed by atoms with Crippen molar-refractivity contribution in [3.63, 3.8) is 0 Å². The van der Waals surface area contributed by atoms with Gasteiger partial charge >= 0.3 is 0 Å². The van der Waals surface area contributed by atoms with Gasteiger partial charge in [-0.15, -0.1) is 11.3 Å². The average molecular weight is 369 g/mol. The van der Waals surface area contributed by atoms with Crippen LogP contribution in [-0.2, 0) is 10.0 Å². The van der Waals surface area contributed by atoms with Crippen LogP contribution >= 0.6 is 11.3 Å². The molecule has 0 saturated heterocycles. The largest absolute Gasteiger partial charge is 0.351 e. The van der Waals surface area contributed by atoms with E-state index in [1.165, 1.54) is 21.9 Å². The monoisotopic (exact) mass is 368 g/mol. The SMILES string of the molecule is CCN(c1ccc2sc(C(=O)NCCC(C)C)cc2c1)S(C)(=O)=O. The number of carbonyl (C=O) groups excluding carboxylic acids is 1. The maximum atomic E-state index is 12.2. The lowest BCUT2D eigenvalue weighted by atomic mass is 10.1. The van der Waals surface area contributed by atoms with Crippen molar-refractivity contribution in [1.29, 1.82) is 0 Å². The normalized spacial score (nSPS) is 11.9. The van der Waals surface area contributed by atoms with E-state index in [1.54, 1.807) is 13.0 Å². The molecule has 0 aliphatic rings. The molecule has 1 N–H and O–H groups in total. The Bertz CT molecular complexity index is 825. The van der Waals surface area contributed by atoms with Crippen molar-refractivity contribution < 1.29 is 13.2 Å². The summed E-state index contributed by atoms with van der Waals surface area (Å²) >= 11 is 1.42. The van der Waals surface area contributed by atoms with Gasteiger partial charge in [0.1, 0.15) is 0 Å². The molecule has 0 aliphatic carbocycles. The van der Waals surface area contributed by atoms with Crippen LogP contribution in [0.25, 0.3) is 10.1 Å². The second kappa shape index (κ2) is 7.53. The Morgan fingerprint density at radius 1 is 1.29 bits per heavy atom. The zero-order valence-electron chi connectivity index (χ0n) is 14.5. The molecule has 1 aromatic carbocycles. The smallest absolute Gasteiger partial charge is 0.261 e. The van der Waals surface area contributed by atoms with E-state index in [-0.39, 0.29) is 5.91 Å². The first-order valence-electron chi connectivity index (χ1n) is 8.02. The number of sulfonamides is 1. The van der Waals surface area contributed by atoms with Gasteiger partial charge in [-0.3, -0.25) is 9.10 Å². The Balaban J connectivity index is 2.24. The number of nitrogens with zero attached hydrogens (tertiary/aromatic N) is 1. The number of hydrogen-bond acceptors (Lipinski definition) is 4. The lowest BCUT2D eigenvalue weighted by molar-refractivity contribution is 0.0956. The molecule has 1 amide bonds. The fourth-order valence-electron chi connectivity index (χ4n) is 2.47. The number of anilines is 1. The quantitative estimate of drug-likeness (QED) is 0.814. The van der Waals surface area contributed by atoms with Crippen LogP contribution in [-0.4, -0.2) is 33.7 Å². The lowest BCUT2D eigenvalue weighted by Crippen LogP contribution is -2.29. The molecule has 1 heterocycles.